The number of hydrogen-bond acceptors (Lipinski definition) is 3. The largest absolute Gasteiger partial charge is 0.465 e. The van der Waals surface area contributed by atoms with Gasteiger partial charge in [0.15, 0.2) is 12.6 Å². The van der Waals surface area contributed by atoms with E-state index in [4.69, 9.17) is 27.9 Å². The molecule has 1 heterocycles. The van der Waals surface area contributed by atoms with Crippen molar-refractivity contribution in [3.63, 3.8) is 0 Å². The second-order valence-corrected chi connectivity index (χ2v) is 7.14. The molecule has 5 nitrogen and oxygen atoms in total. The van der Waals surface area contributed by atoms with Gasteiger partial charge in [0.2, 0.25) is 0 Å². The fraction of sp³-hybridized carbons (Fsp3) is 0.263. The Bertz CT molecular complexity index is 821. The lowest BCUT2D eigenvalue weighted by Crippen LogP contribution is -3.17. The van der Waals surface area contributed by atoms with E-state index >= 15 is 0 Å². The van der Waals surface area contributed by atoms with E-state index in [1.54, 1.807) is 18.2 Å². The maximum atomic E-state index is 12.5. The van der Waals surface area contributed by atoms with Crippen LogP contribution in [0.2, 0.25) is 10.0 Å². The molecule has 0 saturated carbocycles. The molecule has 2 atom stereocenters. The van der Waals surface area contributed by atoms with Gasteiger partial charge in [0.25, 0.3) is 5.91 Å². The molecule has 0 radical (unpaired) electrons. The second kappa shape index (κ2) is 8.08. The molecule has 1 unspecified atom stereocenters. The number of hydrogen-bond donors (Lipinski definition) is 2. The van der Waals surface area contributed by atoms with Crippen molar-refractivity contribution in [2.24, 2.45) is 0 Å². The van der Waals surface area contributed by atoms with Gasteiger partial charge in [0.1, 0.15) is 6.54 Å². The Balaban J connectivity index is 1.75. The fourth-order valence-corrected chi connectivity index (χ4v) is 3.80. The van der Waals surface area contributed by atoms with Gasteiger partial charge in [-0.25, -0.2) is 4.79 Å². The molecule has 2 N–H and O–H groups in total. The SMILES string of the molecule is COC(=O)[C@H]1Cc2ccccc2C[NH+]1CC(=O)Nc1cc(Cl)cc(Cl)c1. The van der Waals surface area contributed by atoms with Gasteiger partial charge in [-0.1, -0.05) is 47.5 Å². The lowest BCUT2D eigenvalue weighted by Gasteiger charge is -2.31. The highest BCUT2D eigenvalue weighted by Gasteiger charge is 2.37. The Morgan fingerprint density at radius 2 is 1.81 bits per heavy atom. The molecule has 1 aliphatic rings. The van der Waals surface area contributed by atoms with Crippen LogP contribution < -0.4 is 10.2 Å². The zero-order valence-corrected chi connectivity index (χ0v) is 15.7. The van der Waals surface area contributed by atoms with Gasteiger partial charge in [0, 0.05) is 27.7 Å². The van der Waals surface area contributed by atoms with Crippen molar-refractivity contribution in [2.45, 2.75) is 19.0 Å². The standard InChI is InChI=1S/C19H18Cl2N2O3/c1-26-19(25)17-6-12-4-2-3-5-13(12)10-23(17)11-18(24)22-16-8-14(20)7-15(21)9-16/h2-5,7-9,17H,6,10-11H2,1H3,(H,22,24)/p+1/t17-/m1/s1. The number of halogens is 2. The van der Waals surface area contributed by atoms with Crippen LogP contribution in [0.5, 0.6) is 0 Å². The van der Waals surface area contributed by atoms with Gasteiger partial charge < -0.3 is 15.0 Å². The van der Waals surface area contributed by atoms with Crippen LogP contribution in [0.25, 0.3) is 0 Å². The molecule has 2 aromatic rings. The number of ether oxygens (including phenoxy) is 1. The molecule has 0 aromatic heterocycles. The lowest BCUT2D eigenvalue weighted by atomic mass is 9.94. The number of esters is 1. The molecule has 7 heteroatoms. The zero-order chi connectivity index (χ0) is 18.7. The Morgan fingerprint density at radius 1 is 1.15 bits per heavy atom. The molecule has 0 fully saturated rings. The predicted molar refractivity (Wildman–Crippen MR) is 101 cm³/mol. The van der Waals surface area contributed by atoms with E-state index in [1.165, 1.54) is 7.11 Å². The number of anilines is 1. The highest BCUT2D eigenvalue weighted by Crippen LogP contribution is 2.22. The Hall–Kier alpha value is -2.08. The lowest BCUT2D eigenvalue weighted by molar-refractivity contribution is -0.924. The maximum Gasteiger partial charge on any atom is 0.365 e. The van der Waals surface area contributed by atoms with Crippen LogP contribution in [0, 0.1) is 0 Å². The van der Waals surface area contributed by atoms with E-state index in [2.05, 4.69) is 5.32 Å². The van der Waals surface area contributed by atoms with E-state index in [0.717, 1.165) is 16.0 Å². The summed E-state index contributed by atoms with van der Waals surface area (Å²) in [7, 11) is 1.37. The summed E-state index contributed by atoms with van der Waals surface area (Å²) in [6.07, 6.45) is 0.550. The minimum atomic E-state index is -0.413. The normalized spacial score (nSPS) is 18.7. The molecule has 1 aliphatic heterocycles. The summed E-state index contributed by atoms with van der Waals surface area (Å²) in [5.41, 5.74) is 2.79. The summed E-state index contributed by atoms with van der Waals surface area (Å²) in [5.74, 6) is -0.528. The summed E-state index contributed by atoms with van der Waals surface area (Å²) >= 11 is 11.9. The maximum absolute atomic E-state index is 12.5. The van der Waals surface area contributed by atoms with Crippen LogP contribution >= 0.6 is 23.2 Å². The highest BCUT2D eigenvalue weighted by molar-refractivity contribution is 6.35. The highest BCUT2D eigenvalue weighted by atomic mass is 35.5. The molecule has 2 aromatic carbocycles. The average Bonchev–Trinajstić information content (AvgIpc) is 2.59. The number of rotatable bonds is 4. The molecule has 0 aliphatic carbocycles. The van der Waals surface area contributed by atoms with Gasteiger partial charge in [-0.2, -0.15) is 0 Å². The summed E-state index contributed by atoms with van der Waals surface area (Å²) in [6, 6.07) is 12.4. The van der Waals surface area contributed by atoms with Gasteiger partial charge in [-0.05, 0) is 23.8 Å². The fourth-order valence-electron chi connectivity index (χ4n) is 3.28. The number of carbonyl (C=O) groups is 2. The smallest absolute Gasteiger partial charge is 0.365 e. The Morgan fingerprint density at radius 3 is 2.46 bits per heavy atom. The third kappa shape index (κ3) is 4.36. The first kappa shape index (κ1) is 18.7. The molecule has 1 amide bonds. The molecule has 136 valence electrons. The average molecular weight is 394 g/mol. The predicted octanol–water partition coefficient (Wildman–Crippen LogP) is 2.11. The number of fused-ring (bicyclic) bond motifs is 1. The van der Waals surface area contributed by atoms with E-state index in [9.17, 15) is 9.59 Å². The number of nitrogens with one attached hydrogen (secondary N) is 2. The van der Waals surface area contributed by atoms with Gasteiger partial charge in [-0.15, -0.1) is 0 Å². The molecule has 3 rings (SSSR count). The van der Waals surface area contributed by atoms with E-state index in [1.807, 2.05) is 24.3 Å². The monoisotopic (exact) mass is 393 g/mol. The Kier molecular flexibility index (Phi) is 5.81. The zero-order valence-electron chi connectivity index (χ0n) is 14.2. The van der Waals surface area contributed by atoms with Crippen LogP contribution in [0.3, 0.4) is 0 Å². The molecular formula is C19H19Cl2N2O3+. The van der Waals surface area contributed by atoms with Crippen molar-refractivity contribution >= 4 is 40.8 Å². The number of quaternary nitrogens is 1. The van der Waals surface area contributed by atoms with Crippen LogP contribution in [0.4, 0.5) is 5.69 Å². The van der Waals surface area contributed by atoms with Crippen molar-refractivity contribution in [1.82, 2.24) is 0 Å². The number of methoxy groups -OCH3 is 1. The van der Waals surface area contributed by atoms with Crippen LogP contribution in [0.1, 0.15) is 11.1 Å². The number of benzene rings is 2. The first-order valence-electron chi connectivity index (χ1n) is 8.21. The summed E-state index contributed by atoms with van der Waals surface area (Å²) in [5, 5.41) is 3.68. The first-order chi connectivity index (χ1) is 12.5. The van der Waals surface area contributed by atoms with Crippen LogP contribution in [-0.4, -0.2) is 31.6 Å². The van der Waals surface area contributed by atoms with Crippen molar-refractivity contribution in [3.05, 3.63) is 63.6 Å². The van der Waals surface area contributed by atoms with E-state index < -0.39 is 6.04 Å². The third-order valence-electron chi connectivity index (χ3n) is 4.47. The quantitative estimate of drug-likeness (QED) is 0.782. The first-order valence-corrected chi connectivity index (χ1v) is 8.97. The second-order valence-electron chi connectivity index (χ2n) is 6.27. The molecular weight excluding hydrogens is 375 g/mol. The van der Waals surface area contributed by atoms with Crippen LogP contribution in [-0.2, 0) is 27.3 Å². The summed E-state index contributed by atoms with van der Waals surface area (Å²) in [4.78, 5) is 25.6. The molecule has 0 bridgehead atoms. The van der Waals surface area contributed by atoms with Crippen molar-refractivity contribution in [3.8, 4) is 0 Å². The molecule has 26 heavy (non-hydrogen) atoms. The third-order valence-corrected chi connectivity index (χ3v) is 4.91. The minimum Gasteiger partial charge on any atom is -0.465 e. The number of carbonyl (C=O) groups excluding carboxylic acids is 2. The summed E-state index contributed by atoms with van der Waals surface area (Å²) in [6.45, 7) is 0.720. The summed E-state index contributed by atoms with van der Waals surface area (Å²) < 4.78 is 4.94. The van der Waals surface area contributed by atoms with E-state index in [0.29, 0.717) is 28.7 Å². The molecule has 0 spiro atoms. The topological polar surface area (TPSA) is 59.8 Å². The number of amides is 1. The van der Waals surface area contributed by atoms with E-state index in [-0.39, 0.29) is 18.4 Å². The van der Waals surface area contributed by atoms with Crippen molar-refractivity contribution in [2.75, 3.05) is 19.0 Å². The molecule has 0 saturated heterocycles. The minimum absolute atomic E-state index is 0.137. The Labute approximate surface area is 161 Å². The van der Waals surface area contributed by atoms with Gasteiger partial charge >= 0.3 is 5.97 Å². The van der Waals surface area contributed by atoms with Crippen molar-refractivity contribution in [1.29, 1.82) is 0 Å². The van der Waals surface area contributed by atoms with Gasteiger partial charge in [0.05, 0.1) is 7.11 Å². The van der Waals surface area contributed by atoms with Gasteiger partial charge in [-0.3, -0.25) is 4.79 Å². The van der Waals surface area contributed by atoms with Crippen molar-refractivity contribution < 1.29 is 19.2 Å². The van der Waals surface area contributed by atoms with Crippen LogP contribution in [0.15, 0.2) is 42.5 Å².